The quantitative estimate of drug-likeness (QED) is 0.539. The molecular weight excluding hydrogens is 430 g/mol. The summed E-state index contributed by atoms with van der Waals surface area (Å²) in [7, 11) is -3.68. The van der Waals surface area contributed by atoms with E-state index in [9.17, 15) is 13.2 Å². The largest absolute Gasteiger partial charge is 0.352 e. The molecule has 0 aliphatic rings. The number of hydrogen-bond acceptors (Lipinski definition) is 5. The minimum atomic E-state index is -3.68. The molecule has 0 aliphatic heterocycles. The third-order valence-corrected chi connectivity index (χ3v) is 7.23. The molecule has 1 amide bonds. The van der Waals surface area contributed by atoms with Crippen molar-refractivity contribution in [2.24, 2.45) is 0 Å². The SMILES string of the molecule is CCNC(=O)c1ccc(Sc2ccc(NS(=O)(=O)c3cc(C)c(C)cc3C)cc2)nc1. The number of pyridine rings is 1. The second-order valence-electron chi connectivity index (χ2n) is 7.18. The lowest BCUT2D eigenvalue weighted by molar-refractivity contribution is 0.0955. The highest BCUT2D eigenvalue weighted by Gasteiger charge is 2.18. The van der Waals surface area contributed by atoms with Gasteiger partial charge in [-0.2, -0.15) is 0 Å². The highest BCUT2D eigenvalue weighted by molar-refractivity contribution is 7.99. The van der Waals surface area contributed by atoms with Crippen molar-refractivity contribution in [3.63, 3.8) is 0 Å². The molecule has 2 N–H and O–H groups in total. The van der Waals surface area contributed by atoms with Gasteiger partial charge in [0.1, 0.15) is 5.03 Å². The molecule has 0 bridgehead atoms. The minimum absolute atomic E-state index is 0.151. The first-order valence-electron chi connectivity index (χ1n) is 9.82. The Bertz CT molecular complexity index is 1190. The van der Waals surface area contributed by atoms with Crippen molar-refractivity contribution in [3.05, 3.63) is 77.0 Å². The van der Waals surface area contributed by atoms with Crippen molar-refractivity contribution in [2.75, 3.05) is 11.3 Å². The maximum absolute atomic E-state index is 12.8. The van der Waals surface area contributed by atoms with Gasteiger partial charge in [-0.15, -0.1) is 0 Å². The fourth-order valence-electron chi connectivity index (χ4n) is 2.98. The van der Waals surface area contributed by atoms with Crippen LogP contribution >= 0.6 is 11.8 Å². The van der Waals surface area contributed by atoms with Gasteiger partial charge in [-0.05, 0) is 86.8 Å². The summed E-state index contributed by atoms with van der Waals surface area (Å²) in [5.41, 5.74) is 3.71. The molecule has 0 atom stereocenters. The normalized spacial score (nSPS) is 11.2. The standard InChI is InChI=1S/C23H25N3O3S2/c1-5-24-23(27)18-6-11-22(25-14-18)30-20-9-7-19(8-10-20)26-31(28,29)21-13-16(3)15(2)12-17(21)4/h6-14,26H,5H2,1-4H3,(H,24,27). The Kier molecular flexibility index (Phi) is 7.02. The second-order valence-corrected chi connectivity index (χ2v) is 9.92. The summed E-state index contributed by atoms with van der Waals surface area (Å²) in [6, 6.07) is 14.2. The van der Waals surface area contributed by atoms with Crippen molar-refractivity contribution in [1.29, 1.82) is 0 Å². The molecule has 0 fully saturated rings. The van der Waals surface area contributed by atoms with Crippen LogP contribution in [0.15, 0.2) is 69.5 Å². The smallest absolute Gasteiger partial charge is 0.262 e. The Morgan fingerprint density at radius 3 is 2.26 bits per heavy atom. The lowest BCUT2D eigenvalue weighted by Crippen LogP contribution is -2.22. The average Bonchev–Trinajstić information content (AvgIpc) is 2.72. The molecule has 0 aliphatic carbocycles. The summed E-state index contributed by atoms with van der Waals surface area (Å²) in [5.74, 6) is -0.151. The van der Waals surface area contributed by atoms with E-state index in [1.165, 1.54) is 11.8 Å². The maximum atomic E-state index is 12.8. The Labute approximate surface area is 187 Å². The first-order valence-corrected chi connectivity index (χ1v) is 12.1. The second kappa shape index (κ2) is 9.53. The monoisotopic (exact) mass is 455 g/mol. The van der Waals surface area contributed by atoms with E-state index in [2.05, 4.69) is 15.0 Å². The maximum Gasteiger partial charge on any atom is 0.262 e. The molecule has 0 radical (unpaired) electrons. The highest BCUT2D eigenvalue weighted by atomic mass is 32.2. The minimum Gasteiger partial charge on any atom is -0.352 e. The van der Waals surface area contributed by atoms with Gasteiger partial charge in [0.05, 0.1) is 10.5 Å². The van der Waals surface area contributed by atoms with E-state index < -0.39 is 10.0 Å². The molecule has 0 unspecified atom stereocenters. The predicted octanol–water partition coefficient (Wildman–Crippen LogP) is 4.71. The van der Waals surface area contributed by atoms with Gasteiger partial charge in [0.2, 0.25) is 0 Å². The number of carbonyl (C=O) groups is 1. The third-order valence-electron chi connectivity index (χ3n) is 4.75. The topological polar surface area (TPSA) is 88.2 Å². The van der Waals surface area contributed by atoms with Gasteiger partial charge in [-0.25, -0.2) is 13.4 Å². The Balaban J connectivity index is 1.70. The van der Waals surface area contributed by atoms with Crippen LogP contribution in [0.1, 0.15) is 34.0 Å². The molecule has 0 spiro atoms. The molecule has 3 aromatic rings. The molecule has 3 rings (SSSR count). The summed E-state index contributed by atoms with van der Waals surface area (Å²) in [6.07, 6.45) is 1.54. The van der Waals surface area contributed by atoms with Crippen LogP contribution in [-0.4, -0.2) is 25.9 Å². The zero-order valence-corrected chi connectivity index (χ0v) is 19.5. The number of sulfonamides is 1. The van der Waals surface area contributed by atoms with Gasteiger partial charge in [0.25, 0.3) is 15.9 Å². The van der Waals surface area contributed by atoms with Crippen molar-refractivity contribution < 1.29 is 13.2 Å². The van der Waals surface area contributed by atoms with Crippen LogP contribution in [0.3, 0.4) is 0 Å². The predicted molar refractivity (Wildman–Crippen MR) is 124 cm³/mol. The van der Waals surface area contributed by atoms with Crippen molar-refractivity contribution in [3.8, 4) is 0 Å². The van der Waals surface area contributed by atoms with Crippen molar-refractivity contribution >= 4 is 33.4 Å². The van der Waals surface area contributed by atoms with Gasteiger partial charge in [0, 0.05) is 23.3 Å². The van der Waals surface area contributed by atoms with Crippen LogP contribution in [0, 0.1) is 20.8 Å². The number of amides is 1. The van der Waals surface area contributed by atoms with Crippen LogP contribution in [-0.2, 0) is 10.0 Å². The molecule has 0 saturated heterocycles. The number of aryl methyl sites for hydroxylation is 3. The van der Waals surface area contributed by atoms with Gasteiger partial charge in [0.15, 0.2) is 0 Å². The zero-order valence-electron chi connectivity index (χ0n) is 17.9. The number of nitrogens with zero attached hydrogens (tertiary/aromatic N) is 1. The Morgan fingerprint density at radius 1 is 0.968 bits per heavy atom. The van der Waals surface area contributed by atoms with Crippen molar-refractivity contribution in [1.82, 2.24) is 10.3 Å². The summed E-state index contributed by atoms with van der Waals surface area (Å²) >= 11 is 1.43. The number of carbonyl (C=O) groups excluding carboxylic acids is 1. The highest BCUT2D eigenvalue weighted by Crippen LogP contribution is 2.28. The lowest BCUT2D eigenvalue weighted by atomic mass is 10.1. The summed E-state index contributed by atoms with van der Waals surface area (Å²) < 4.78 is 28.3. The van der Waals surface area contributed by atoms with Gasteiger partial charge in [-0.1, -0.05) is 17.8 Å². The average molecular weight is 456 g/mol. The van der Waals surface area contributed by atoms with Gasteiger partial charge >= 0.3 is 0 Å². The fraction of sp³-hybridized carbons (Fsp3) is 0.217. The van der Waals surface area contributed by atoms with Gasteiger partial charge < -0.3 is 5.32 Å². The number of aromatic nitrogens is 1. The molecular formula is C23H25N3O3S2. The zero-order chi connectivity index (χ0) is 22.6. The van der Waals surface area contributed by atoms with E-state index in [-0.39, 0.29) is 10.8 Å². The summed E-state index contributed by atoms with van der Waals surface area (Å²) in [4.78, 5) is 17.3. The fourth-order valence-corrected chi connectivity index (χ4v) is 5.11. The molecule has 162 valence electrons. The molecule has 1 heterocycles. The molecule has 1 aromatic heterocycles. The first kappa shape index (κ1) is 22.8. The summed E-state index contributed by atoms with van der Waals surface area (Å²) in [5, 5.41) is 3.48. The Morgan fingerprint density at radius 2 is 1.65 bits per heavy atom. The van der Waals surface area contributed by atoms with E-state index in [1.54, 1.807) is 43.5 Å². The molecule has 6 nitrogen and oxygen atoms in total. The van der Waals surface area contributed by atoms with Crippen LogP contribution in [0.2, 0.25) is 0 Å². The molecule has 8 heteroatoms. The van der Waals surface area contributed by atoms with Crippen molar-refractivity contribution in [2.45, 2.75) is 42.5 Å². The van der Waals surface area contributed by atoms with Crippen LogP contribution in [0.4, 0.5) is 5.69 Å². The van der Waals surface area contributed by atoms with E-state index >= 15 is 0 Å². The number of rotatable bonds is 7. The van der Waals surface area contributed by atoms with E-state index in [4.69, 9.17) is 0 Å². The number of anilines is 1. The van der Waals surface area contributed by atoms with Gasteiger partial charge in [-0.3, -0.25) is 9.52 Å². The van der Waals surface area contributed by atoms with Crippen LogP contribution in [0.5, 0.6) is 0 Å². The Hall–Kier alpha value is -2.84. The summed E-state index contributed by atoms with van der Waals surface area (Å²) in [6.45, 7) is 8.09. The van der Waals surface area contributed by atoms with Crippen LogP contribution < -0.4 is 10.0 Å². The molecule has 31 heavy (non-hydrogen) atoms. The van der Waals surface area contributed by atoms with E-state index in [0.29, 0.717) is 23.4 Å². The van der Waals surface area contributed by atoms with E-state index in [1.807, 2.05) is 39.0 Å². The number of benzene rings is 2. The van der Waals surface area contributed by atoms with E-state index in [0.717, 1.165) is 21.0 Å². The van der Waals surface area contributed by atoms with Crippen LogP contribution in [0.25, 0.3) is 0 Å². The first-order chi connectivity index (χ1) is 14.7. The third kappa shape index (κ3) is 5.65. The lowest BCUT2D eigenvalue weighted by Gasteiger charge is -2.13. The number of hydrogen-bond donors (Lipinski definition) is 2. The molecule has 0 saturated carbocycles. The number of nitrogens with one attached hydrogen (secondary N) is 2. The molecule has 2 aromatic carbocycles.